The van der Waals surface area contributed by atoms with Crippen LogP contribution in [-0.2, 0) is 0 Å². The smallest absolute Gasteiger partial charge is 0.407 e. The summed E-state index contributed by atoms with van der Waals surface area (Å²) in [7, 11) is 0. The van der Waals surface area contributed by atoms with Crippen molar-refractivity contribution in [2.75, 3.05) is 13.2 Å². The van der Waals surface area contributed by atoms with Crippen LogP contribution in [0.2, 0.25) is 0 Å². The van der Waals surface area contributed by atoms with Gasteiger partial charge in [-0.1, -0.05) is 42.8 Å². The number of nitrogens with zero attached hydrogens (tertiary/aromatic N) is 1. The van der Waals surface area contributed by atoms with Crippen LogP contribution >= 0.6 is 15.9 Å². The Bertz CT molecular complexity index is 676. The van der Waals surface area contributed by atoms with Gasteiger partial charge in [0.1, 0.15) is 11.8 Å². The molecule has 0 spiro atoms. The maximum Gasteiger partial charge on any atom is 0.407 e. The summed E-state index contributed by atoms with van der Waals surface area (Å²) < 4.78 is 37.0. The lowest BCUT2D eigenvalue weighted by molar-refractivity contribution is -0.175. The molecule has 1 heterocycles. The first kappa shape index (κ1) is 21.9. The molecule has 7 heteroatoms. The summed E-state index contributed by atoms with van der Waals surface area (Å²) >= 11 is 3.44. The molecule has 152 valence electrons. The number of alkyl halides is 2. The fourth-order valence-corrected chi connectivity index (χ4v) is 4.24. The summed E-state index contributed by atoms with van der Waals surface area (Å²) in [6.07, 6.45) is -0.306. The minimum atomic E-state index is -3.07. The molecule has 0 bridgehead atoms. The quantitative estimate of drug-likeness (QED) is 0.565. The fourth-order valence-electron chi connectivity index (χ4n) is 3.89. The molecule has 0 radical (unpaired) electrons. The molecule has 2 atom stereocenters. The predicted octanol–water partition coefficient (Wildman–Crippen LogP) is 5.97. The van der Waals surface area contributed by atoms with Gasteiger partial charge in [-0.05, 0) is 43.7 Å². The van der Waals surface area contributed by atoms with Crippen LogP contribution in [0, 0.1) is 18.3 Å². The maximum atomic E-state index is 15.2. The highest BCUT2D eigenvalue weighted by Gasteiger charge is 2.57. The van der Waals surface area contributed by atoms with Gasteiger partial charge in [0.25, 0.3) is 5.92 Å². The maximum absolute atomic E-state index is 15.2. The summed E-state index contributed by atoms with van der Waals surface area (Å²) in [4.78, 5) is 12.4. The van der Waals surface area contributed by atoms with Crippen molar-refractivity contribution in [3.8, 4) is 5.75 Å². The Hall–Kier alpha value is -1.37. The highest BCUT2D eigenvalue weighted by molar-refractivity contribution is 9.10. The normalized spacial score (nSPS) is 22.6. The van der Waals surface area contributed by atoms with Gasteiger partial charge in [-0.2, -0.15) is 0 Å². The molecule has 1 saturated heterocycles. The van der Waals surface area contributed by atoms with Gasteiger partial charge >= 0.3 is 6.09 Å². The zero-order valence-corrected chi connectivity index (χ0v) is 17.9. The highest BCUT2D eigenvalue weighted by Crippen LogP contribution is 2.47. The number of hydrogen-bond donors (Lipinski definition) is 1. The second kappa shape index (κ2) is 8.33. The van der Waals surface area contributed by atoms with E-state index < -0.39 is 29.4 Å². The number of rotatable bonds is 5. The molecule has 1 amide bonds. The third-order valence-electron chi connectivity index (χ3n) is 5.18. The van der Waals surface area contributed by atoms with Gasteiger partial charge in [0.05, 0.1) is 6.61 Å². The van der Waals surface area contributed by atoms with E-state index in [9.17, 15) is 9.90 Å². The molecular formula is C20H28BrF2NO3. The van der Waals surface area contributed by atoms with E-state index in [1.165, 1.54) is 0 Å². The van der Waals surface area contributed by atoms with E-state index in [1.807, 2.05) is 25.1 Å². The average Bonchev–Trinajstić information content (AvgIpc) is 2.54. The van der Waals surface area contributed by atoms with Gasteiger partial charge in [-0.25, -0.2) is 13.6 Å². The van der Waals surface area contributed by atoms with Crippen LogP contribution in [0.25, 0.3) is 0 Å². The largest absolute Gasteiger partial charge is 0.493 e. The molecule has 1 fully saturated rings. The van der Waals surface area contributed by atoms with Crippen molar-refractivity contribution >= 4 is 22.0 Å². The lowest BCUT2D eigenvalue weighted by atomic mass is 9.73. The van der Waals surface area contributed by atoms with Crippen LogP contribution in [0.3, 0.4) is 0 Å². The summed E-state index contributed by atoms with van der Waals surface area (Å²) in [5.74, 6) is -3.17. The second-order valence-electron chi connectivity index (χ2n) is 8.26. The Morgan fingerprint density at radius 2 is 2.07 bits per heavy atom. The van der Waals surface area contributed by atoms with E-state index in [1.54, 1.807) is 20.8 Å². The molecular weight excluding hydrogens is 420 g/mol. The van der Waals surface area contributed by atoms with Crippen LogP contribution in [0.5, 0.6) is 5.75 Å². The van der Waals surface area contributed by atoms with Crippen LogP contribution < -0.4 is 4.74 Å². The van der Waals surface area contributed by atoms with E-state index in [2.05, 4.69) is 15.9 Å². The molecule has 27 heavy (non-hydrogen) atoms. The summed E-state index contributed by atoms with van der Waals surface area (Å²) in [5, 5.41) is 9.35. The first-order chi connectivity index (χ1) is 12.5. The first-order valence-electron chi connectivity index (χ1n) is 9.21. The van der Waals surface area contributed by atoms with Gasteiger partial charge in [0.15, 0.2) is 0 Å². The molecule has 0 saturated carbocycles. The predicted molar refractivity (Wildman–Crippen MR) is 105 cm³/mol. The van der Waals surface area contributed by atoms with Crippen LogP contribution in [-0.4, -0.2) is 41.2 Å². The number of hydrogen-bond acceptors (Lipinski definition) is 2. The molecule has 1 aliphatic rings. The Morgan fingerprint density at radius 3 is 2.67 bits per heavy atom. The lowest BCUT2D eigenvalue weighted by Gasteiger charge is -2.49. The highest BCUT2D eigenvalue weighted by atomic mass is 79.9. The second-order valence-corrected chi connectivity index (χ2v) is 9.11. The van der Waals surface area contributed by atoms with Crippen LogP contribution in [0.1, 0.15) is 45.6 Å². The number of likely N-dealkylation sites (tertiary alicyclic amines) is 1. The molecule has 4 nitrogen and oxygen atoms in total. The van der Waals surface area contributed by atoms with E-state index in [0.29, 0.717) is 19.4 Å². The number of halogens is 3. The third kappa shape index (κ3) is 4.92. The molecule has 1 aromatic carbocycles. The van der Waals surface area contributed by atoms with Gasteiger partial charge < -0.3 is 9.84 Å². The van der Waals surface area contributed by atoms with Gasteiger partial charge in [0.2, 0.25) is 0 Å². The van der Waals surface area contributed by atoms with Gasteiger partial charge in [-0.15, -0.1) is 0 Å². The molecule has 1 N–H and O–H groups in total. The number of carboxylic acid groups (broad SMARTS) is 1. The van der Waals surface area contributed by atoms with Crippen LogP contribution in [0.15, 0.2) is 22.7 Å². The zero-order valence-electron chi connectivity index (χ0n) is 16.3. The van der Waals surface area contributed by atoms with Crippen molar-refractivity contribution in [1.29, 1.82) is 0 Å². The van der Waals surface area contributed by atoms with Crippen molar-refractivity contribution in [3.63, 3.8) is 0 Å². The SMILES string of the molecule is Cc1c(Br)cccc1OCCCC1CCN(C(=O)O)[C@H](C(C)(C)C)C1(F)F. The zero-order chi connectivity index (χ0) is 20.4. The number of ether oxygens (including phenoxy) is 1. The minimum absolute atomic E-state index is 0.142. The minimum Gasteiger partial charge on any atom is -0.493 e. The molecule has 1 aliphatic heterocycles. The molecule has 0 aromatic heterocycles. The van der Waals surface area contributed by atoms with Crippen molar-refractivity contribution < 1.29 is 23.4 Å². The van der Waals surface area contributed by atoms with E-state index in [0.717, 1.165) is 20.7 Å². The molecule has 0 aliphatic carbocycles. The fraction of sp³-hybridized carbons (Fsp3) is 0.650. The van der Waals surface area contributed by atoms with Crippen LogP contribution in [0.4, 0.5) is 13.6 Å². The Kier molecular flexibility index (Phi) is 6.77. The standard InChI is InChI=1S/C20H28BrF2NO3/c1-13-15(21)8-5-9-16(13)27-12-6-7-14-10-11-24(18(25)26)17(19(2,3)4)20(14,22)23/h5,8-9,14,17H,6-7,10-12H2,1-4H3,(H,25,26)/t14?,17-/m1/s1. The van der Waals surface area contributed by atoms with E-state index in [-0.39, 0.29) is 13.0 Å². The summed E-state index contributed by atoms with van der Waals surface area (Å²) in [5.41, 5.74) is 0.134. The Labute approximate surface area is 168 Å². The molecule has 1 unspecified atom stereocenters. The van der Waals surface area contributed by atoms with Crippen molar-refractivity contribution in [2.24, 2.45) is 11.3 Å². The monoisotopic (exact) mass is 447 g/mol. The lowest BCUT2D eigenvalue weighted by Crippen LogP contribution is -2.63. The Morgan fingerprint density at radius 1 is 1.41 bits per heavy atom. The Balaban J connectivity index is 2.00. The topological polar surface area (TPSA) is 49.8 Å². The number of carbonyl (C=O) groups is 1. The van der Waals surface area contributed by atoms with Crippen molar-refractivity contribution in [1.82, 2.24) is 4.90 Å². The van der Waals surface area contributed by atoms with Crippen molar-refractivity contribution in [3.05, 3.63) is 28.2 Å². The number of piperidine rings is 1. The van der Waals surface area contributed by atoms with E-state index >= 15 is 8.78 Å². The molecule has 1 aromatic rings. The van der Waals surface area contributed by atoms with Gasteiger partial charge in [-0.3, -0.25) is 4.90 Å². The molecule has 2 rings (SSSR count). The number of amides is 1. The van der Waals surface area contributed by atoms with E-state index in [4.69, 9.17) is 4.74 Å². The first-order valence-corrected chi connectivity index (χ1v) is 10.0. The number of benzene rings is 1. The van der Waals surface area contributed by atoms with Gasteiger partial charge in [0, 0.05) is 22.5 Å². The third-order valence-corrected chi connectivity index (χ3v) is 6.04. The van der Waals surface area contributed by atoms with Crippen molar-refractivity contribution in [2.45, 2.75) is 58.9 Å². The average molecular weight is 448 g/mol. The summed E-state index contributed by atoms with van der Waals surface area (Å²) in [6.45, 7) is 7.44. The summed E-state index contributed by atoms with van der Waals surface area (Å²) in [6, 6.07) is 4.33.